The van der Waals surface area contributed by atoms with Gasteiger partial charge in [-0.15, -0.1) is 10.2 Å². The maximum Gasteiger partial charge on any atom is 0.264 e. The fourth-order valence-electron chi connectivity index (χ4n) is 3.02. The molecule has 134 valence electrons. The van der Waals surface area contributed by atoms with Gasteiger partial charge in [0.1, 0.15) is 12.2 Å². The molecule has 26 heavy (non-hydrogen) atoms. The molecule has 0 bridgehead atoms. The van der Waals surface area contributed by atoms with Gasteiger partial charge in [-0.2, -0.15) is 0 Å². The van der Waals surface area contributed by atoms with Crippen molar-refractivity contribution in [1.82, 2.24) is 20.1 Å². The number of hydrogen-bond donors (Lipinski definition) is 1. The van der Waals surface area contributed by atoms with Crippen molar-refractivity contribution < 1.29 is 9.21 Å². The predicted molar refractivity (Wildman–Crippen MR) is 97.3 cm³/mol. The van der Waals surface area contributed by atoms with Gasteiger partial charge < -0.3 is 14.3 Å². The van der Waals surface area contributed by atoms with Crippen molar-refractivity contribution in [3.8, 4) is 11.6 Å². The monoisotopic (exact) mass is 350 g/mol. The van der Waals surface area contributed by atoms with Gasteiger partial charge in [0.05, 0.1) is 0 Å². The highest BCUT2D eigenvalue weighted by atomic mass is 16.4. The van der Waals surface area contributed by atoms with Crippen LogP contribution in [0.3, 0.4) is 0 Å². The summed E-state index contributed by atoms with van der Waals surface area (Å²) in [7, 11) is 0. The first-order valence-electron chi connectivity index (χ1n) is 9.00. The number of benzene rings is 1. The molecule has 0 radical (unpaired) electrons. The molecule has 1 saturated carbocycles. The molecule has 0 spiro atoms. The third kappa shape index (κ3) is 3.54. The number of nitrogens with one attached hydrogen (secondary N) is 1. The van der Waals surface area contributed by atoms with E-state index in [1.807, 2.05) is 54.1 Å². The van der Waals surface area contributed by atoms with Gasteiger partial charge in [-0.3, -0.25) is 4.79 Å². The highest BCUT2D eigenvalue weighted by molar-refractivity contribution is 5.76. The minimum atomic E-state index is -0.0539. The maximum absolute atomic E-state index is 12.3. The quantitative estimate of drug-likeness (QED) is 0.739. The van der Waals surface area contributed by atoms with E-state index in [2.05, 4.69) is 15.5 Å². The number of nitrogens with zero attached hydrogens (tertiary/aromatic N) is 3. The van der Waals surface area contributed by atoms with Crippen molar-refractivity contribution in [3.05, 3.63) is 59.6 Å². The summed E-state index contributed by atoms with van der Waals surface area (Å²) in [5.41, 5.74) is 3.06. The van der Waals surface area contributed by atoms with E-state index in [1.165, 1.54) is 12.0 Å². The molecule has 3 aromatic rings. The second kappa shape index (κ2) is 7.15. The van der Waals surface area contributed by atoms with Crippen LogP contribution in [0.15, 0.2) is 47.0 Å². The molecule has 1 aromatic carbocycles. The van der Waals surface area contributed by atoms with Gasteiger partial charge in [0, 0.05) is 18.7 Å². The third-order valence-corrected chi connectivity index (χ3v) is 4.87. The number of aromatic nitrogens is 3. The van der Waals surface area contributed by atoms with E-state index in [1.54, 1.807) is 0 Å². The summed E-state index contributed by atoms with van der Waals surface area (Å²) in [6, 6.07) is 11.9. The van der Waals surface area contributed by atoms with Crippen LogP contribution in [0.25, 0.3) is 11.6 Å². The zero-order valence-electron chi connectivity index (χ0n) is 14.8. The summed E-state index contributed by atoms with van der Waals surface area (Å²) < 4.78 is 7.66. The summed E-state index contributed by atoms with van der Waals surface area (Å²) in [6.45, 7) is 2.78. The van der Waals surface area contributed by atoms with E-state index < -0.39 is 0 Å². The number of amides is 1. The van der Waals surface area contributed by atoms with Gasteiger partial charge >= 0.3 is 0 Å². The molecule has 0 atom stereocenters. The molecule has 1 fully saturated rings. The predicted octanol–water partition coefficient (Wildman–Crippen LogP) is 3.43. The molecule has 4 rings (SSSR count). The first-order chi connectivity index (χ1) is 12.7. The normalized spacial score (nSPS) is 14.2. The van der Waals surface area contributed by atoms with Crippen LogP contribution in [0.2, 0.25) is 0 Å². The molecule has 6 nitrogen and oxygen atoms in total. The smallest absolute Gasteiger partial charge is 0.264 e. The van der Waals surface area contributed by atoms with E-state index in [9.17, 15) is 4.79 Å². The molecule has 2 heterocycles. The van der Waals surface area contributed by atoms with E-state index in [0.29, 0.717) is 24.2 Å². The highest BCUT2D eigenvalue weighted by Crippen LogP contribution is 2.36. The topological polar surface area (TPSA) is 73.0 Å². The lowest BCUT2D eigenvalue weighted by atomic mass is 9.85. The fourth-order valence-corrected chi connectivity index (χ4v) is 3.02. The molecular formula is C20H22N4O2. The molecule has 1 N–H and O–H groups in total. The summed E-state index contributed by atoms with van der Waals surface area (Å²) in [6.07, 6.45) is 5.31. The van der Waals surface area contributed by atoms with E-state index in [4.69, 9.17) is 4.42 Å². The zero-order chi connectivity index (χ0) is 17.9. The molecule has 0 saturated heterocycles. The third-order valence-electron chi connectivity index (χ3n) is 4.87. The second-order valence-electron chi connectivity index (χ2n) is 6.86. The molecule has 1 aliphatic carbocycles. The zero-order valence-corrected chi connectivity index (χ0v) is 14.8. The van der Waals surface area contributed by atoms with E-state index in [-0.39, 0.29) is 12.5 Å². The Morgan fingerprint density at radius 1 is 1.23 bits per heavy atom. The number of rotatable bonds is 6. The van der Waals surface area contributed by atoms with Gasteiger partial charge in [0.2, 0.25) is 11.8 Å². The van der Waals surface area contributed by atoms with Crippen LogP contribution in [0.4, 0.5) is 0 Å². The lowest BCUT2D eigenvalue weighted by Crippen LogP contribution is -2.27. The maximum atomic E-state index is 12.3. The molecular weight excluding hydrogens is 328 g/mol. The first kappa shape index (κ1) is 16.6. The van der Waals surface area contributed by atoms with Crippen molar-refractivity contribution in [2.24, 2.45) is 0 Å². The average Bonchev–Trinajstić information content (AvgIpc) is 3.22. The van der Waals surface area contributed by atoms with Gasteiger partial charge in [0.15, 0.2) is 0 Å². The Balaban J connectivity index is 1.39. The van der Waals surface area contributed by atoms with Crippen molar-refractivity contribution >= 4 is 5.91 Å². The van der Waals surface area contributed by atoms with Crippen molar-refractivity contribution in [2.45, 2.75) is 45.2 Å². The Bertz CT molecular complexity index is 891. The summed E-state index contributed by atoms with van der Waals surface area (Å²) in [4.78, 5) is 12.3. The molecule has 0 aliphatic heterocycles. The molecule has 0 unspecified atom stereocenters. The van der Waals surface area contributed by atoms with Crippen molar-refractivity contribution in [1.29, 1.82) is 0 Å². The van der Waals surface area contributed by atoms with Crippen LogP contribution in [0.1, 0.15) is 42.2 Å². The lowest BCUT2D eigenvalue weighted by molar-refractivity contribution is -0.121. The average molecular weight is 350 g/mol. The van der Waals surface area contributed by atoms with E-state index >= 15 is 0 Å². The summed E-state index contributed by atoms with van der Waals surface area (Å²) in [5.74, 6) is 1.53. The number of hydrogen-bond acceptors (Lipinski definition) is 4. The Labute approximate surface area is 152 Å². The Morgan fingerprint density at radius 3 is 2.77 bits per heavy atom. The minimum Gasteiger partial charge on any atom is -0.419 e. The van der Waals surface area contributed by atoms with Crippen LogP contribution >= 0.6 is 0 Å². The molecule has 6 heteroatoms. The SMILES string of the molecule is Cc1ccc(CNC(=O)Cn2cccc2-c2nnc(C3CCC3)o2)cc1. The standard InChI is InChI=1S/C20H22N4O2/c1-14-7-9-15(10-8-14)12-21-18(25)13-24-11-3-6-17(24)20-23-22-19(26-20)16-4-2-5-16/h3,6-11,16H,2,4-5,12-13H2,1H3,(H,21,25). The number of carbonyl (C=O) groups is 1. The molecule has 1 amide bonds. The van der Waals surface area contributed by atoms with Crippen LogP contribution in [-0.4, -0.2) is 20.7 Å². The van der Waals surface area contributed by atoms with Crippen LogP contribution in [-0.2, 0) is 17.9 Å². The second-order valence-corrected chi connectivity index (χ2v) is 6.86. The van der Waals surface area contributed by atoms with Gasteiger partial charge in [-0.1, -0.05) is 36.2 Å². The van der Waals surface area contributed by atoms with Crippen molar-refractivity contribution in [2.75, 3.05) is 0 Å². The first-order valence-corrected chi connectivity index (χ1v) is 9.00. The minimum absolute atomic E-state index is 0.0539. The molecule has 1 aliphatic rings. The van der Waals surface area contributed by atoms with Crippen LogP contribution in [0.5, 0.6) is 0 Å². The van der Waals surface area contributed by atoms with Gasteiger partial charge in [0.25, 0.3) is 5.89 Å². The van der Waals surface area contributed by atoms with Gasteiger partial charge in [-0.05, 0) is 37.5 Å². The van der Waals surface area contributed by atoms with E-state index in [0.717, 1.165) is 24.1 Å². The number of carbonyl (C=O) groups excluding carboxylic acids is 1. The summed E-state index contributed by atoms with van der Waals surface area (Å²) >= 11 is 0. The number of aryl methyl sites for hydroxylation is 1. The largest absolute Gasteiger partial charge is 0.419 e. The molecule has 2 aromatic heterocycles. The van der Waals surface area contributed by atoms with Gasteiger partial charge in [-0.25, -0.2) is 0 Å². The van der Waals surface area contributed by atoms with Crippen LogP contribution in [0, 0.1) is 6.92 Å². The highest BCUT2D eigenvalue weighted by Gasteiger charge is 2.26. The Morgan fingerprint density at radius 2 is 2.04 bits per heavy atom. The fraction of sp³-hybridized carbons (Fsp3) is 0.350. The van der Waals surface area contributed by atoms with Crippen LogP contribution < -0.4 is 5.32 Å². The van der Waals surface area contributed by atoms with Crippen molar-refractivity contribution in [3.63, 3.8) is 0 Å². The summed E-state index contributed by atoms with van der Waals surface area (Å²) in [5, 5.41) is 11.3. The lowest BCUT2D eigenvalue weighted by Gasteiger charge is -2.20. The Kier molecular flexibility index (Phi) is 4.56. The Hall–Kier alpha value is -2.89.